The summed E-state index contributed by atoms with van der Waals surface area (Å²) in [6.07, 6.45) is 0. The normalized spacial score (nSPS) is 20.0. The molecule has 0 saturated heterocycles. The topological polar surface area (TPSA) is 9.23 Å². The monoisotopic (exact) mass is 340 g/mol. The molecule has 2 aliphatic rings. The maximum Gasteiger partial charge on any atom is 0.131 e. The highest BCUT2D eigenvalue weighted by Crippen LogP contribution is 2.69. The fourth-order valence-corrected chi connectivity index (χ4v) is 6.10. The van der Waals surface area contributed by atoms with Gasteiger partial charge in [-0.05, 0) is 23.3 Å². The minimum Gasteiger partial charge on any atom is -0.457 e. The van der Waals surface area contributed by atoms with Crippen LogP contribution in [0.4, 0.5) is 0 Å². The van der Waals surface area contributed by atoms with E-state index in [2.05, 4.69) is 100 Å². The van der Waals surface area contributed by atoms with Gasteiger partial charge in [0, 0.05) is 27.4 Å². The van der Waals surface area contributed by atoms with E-state index in [1.165, 1.54) is 22.3 Å². The lowest BCUT2D eigenvalue weighted by molar-refractivity contribution is 0.203. The van der Waals surface area contributed by atoms with Crippen LogP contribution < -0.4 is 4.74 Å². The first-order chi connectivity index (χ1) is 12.4. The van der Waals surface area contributed by atoms with Crippen LogP contribution in [0.25, 0.3) is 0 Å². The third-order valence-corrected chi connectivity index (χ3v) is 6.95. The Morgan fingerprint density at radius 2 is 0.846 bits per heavy atom. The Bertz CT molecular complexity index is 943. The molecule has 1 heteroatoms. The molecular weight excluding hydrogens is 316 g/mol. The van der Waals surface area contributed by atoms with Gasteiger partial charge in [-0.1, -0.05) is 88.4 Å². The molecule has 0 bridgehead atoms. The zero-order valence-electron chi connectivity index (χ0n) is 15.8. The van der Waals surface area contributed by atoms with Gasteiger partial charge in [0.05, 0.1) is 0 Å². The van der Waals surface area contributed by atoms with Crippen LogP contribution in [0.5, 0.6) is 11.5 Å². The maximum absolute atomic E-state index is 6.35. The maximum atomic E-state index is 6.35. The smallest absolute Gasteiger partial charge is 0.131 e. The Morgan fingerprint density at radius 1 is 0.500 bits per heavy atom. The molecule has 0 unspecified atom stereocenters. The molecule has 0 amide bonds. The lowest BCUT2D eigenvalue weighted by atomic mass is 9.50. The van der Waals surface area contributed by atoms with Crippen molar-refractivity contribution in [1.29, 1.82) is 0 Å². The molecule has 5 rings (SSSR count). The Hall–Kier alpha value is -2.54. The van der Waals surface area contributed by atoms with Gasteiger partial charge in [-0.25, -0.2) is 0 Å². The molecule has 0 atom stereocenters. The summed E-state index contributed by atoms with van der Waals surface area (Å²) in [5.41, 5.74) is 5.16. The Labute approximate surface area is 155 Å². The van der Waals surface area contributed by atoms with Crippen molar-refractivity contribution < 1.29 is 4.74 Å². The Balaban J connectivity index is 1.99. The van der Waals surface area contributed by atoms with E-state index < -0.39 is 0 Å². The number of para-hydroxylation sites is 2. The van der Waals surface area contributed by atoms with E-state index in [0.29, 0.717) is 0 Å². The number of ether oxygens (including phenoxy) is 1. The van der Waals surface area contributed by atoms with Gasteiger partial charge in [-0.3, -0.25) is 0 Å². The standard InChI is InChI=1S/C25H24O/c1-23(2)17-11-5-6-12-18(17)24(3,4)25(23)19-13-7-9-15-21(19)26-22-16-10-8-14-20(22)25/h5-16H,1-4H3. The van der Waals surface area contributed by atoms with Crippen LogP contribution in [0.2, 0.25) is 0 Å². The second-order valence-electron chi connectivity index (χ2n) is 8.64. The Morgan fingerprint density at radius 3 is 1.27 bits per heavy atom. The van der Waals surface area contributed by atoms with Crippen LogP contribution in [0.3, 0.4) is 0 Å². The highest BCUT2D eigenvalue weighted by Gasteiger charge is 2.66. The van der Waals surface area contributed by atoms with Crippen LogP contribution in [-0.2, 0) is 16.2 Å². The van der Waals surface area contributed by atoms with Crippen molar-refractivity contribution in [1.82, 2.24) is 0 Å². The third kappa shape index (κ3) is 1.54. The summed E-state index contributed by atoms with van der Waals surface area (Å²) in [7, 11) is 0. The van der Waals surface area contributed by atoms with E-state index >= 15 is 0 Å². The lowest BCUT2D eigenvalue weighted by Gasteiger charge is -2.53. The third-order valence-electron chi connectivity index (χ3n) is 6.95. The minimum atomic E-state index is -0.185. The summed E-state index contributed by atoms with van der Waals surface area (Å²) in [6, 6.07) is 26.2. The van der Waals surface area contributed by atoms with E-state index in [1.54, 1.807) is 0 Å². The number of fused-ring (bicyclic) bond motifs is 5. The van der Waals surface area contributed by atoms with Crippen molar-refractivity contribution in [3.05, 3.63) is 95.1 Å². The molecular formula is C25H24O. The van der Waals surface area contributed by atoms with E-state index in [0.717, 1.165) is 11.5 Å². The van der Waals surface area contributed by atoms with Crippen LogP contribution in [-0.4, -0.2) is 0 Å². The van der Waals surface area contributed by atoms with E-state index in [9.17, 15) is 0 Å². The van der Waals surface area contributed by atoms with E-state index in [4.69, 9.17) is 4.74 Å². The summed E-state index contributed by atoms with van der Waals surface area (Å²) >= 11 is 0. The molecule has 0 saturated carbocycles. The van der Waals surface area contributed by atoms with Crippen LogP contribution in [0.1, 0.15) is 49.9 Å². The van der Waals surface area contributed by atoms with Gasteiger partial charge in [0.1, 0.15) is 11.5 Å². The van der Waals surface area contributed by atoms with Gasteiger partial charge in [0.2, 0.25) is 0 Å². The predicted molar refractivity (Wildman–Crippen MR) is 106 cm³/mol. The van der Waals surface area contributed by atoms with Crippen molar-refractivity contribution >= 4 is 0 Å². The van der Waals surface area contributed by atoms with Crippen molar-refractivity contribution in [3.8, 4) is 11.5 Å². The van der Waals surface area contributed by atoms with Gasteiger partial charge < -0.3 is 4.74 Å². The SMILES string of the molecule is CC1(C)c2ccccc2C(C)(C)C12c1ccccc1Oc1ccccc12. The molecule has 3 aromatic carbocycles. The van der Waals surface area contributed by atoms with Gasteiger partial charge in [-0.15, -0.1) is 0 Å². The average molecular weight is 340 g/mol. The van der Waals surface area contributed by atoms with Crippen molar-refractivity contribution in [3.63, 3.8) is 0 Å². The molecule has 0 radical (unpaired) electrons. The first-order valence-corrected chi connectivity index (χ1v) is 9.39. The first kappa shape index (κ1) is 15.7. The quantitative estimate of drug-likeness (QED) is 0.463. The molecule has 0 aromatic heterocycles. The molecule has 0 N–H and O–H groups in total. The molecule has 1 heterocycles. The van der Waals surface area contributed by atoms with Gasteiger partial charge in [0.15, 0.2) is 0 Å². The fourth-order valence-electron chi connectivity index (χ4n) is 6.10. The molecule has 1 aliphatic carbocycles. The van der Waals surface area contributed by atoms with Crippen molar-refractivity contribution in [2.45, 2.75) is 43.9 Å². The molecule has 130 valence electrons. The van der Waals surface area contributed by atoms with Gasteiger partial charge >= 0.3 is 0 Å². The highest BCUT2D eigenvalue weighted by atomic mass is 16.5. The zero-order valence-corrected chi connectivity index (χ0v) is 15.8. The van der Waals surface area contributed by atoms with Crippen molar-refractivity contribution in [2.24, 2.45) is 0 Å². The summed E-state index contributed by atoms with van der Waals surface area (Å²) in [5.74, 6) is 1.97. The molecule has 0 fully saturated rings. The van der Waals surface area contributed by atoms with Gasteiger partial charge in [-0.2, -0.15) is 0 Å². The van der Waals surface area contributed by atoms with Crippen molar-refractivity contribution in [2.75, 3.05) is 0 Å². The molecule has 1 nitrogen and oxygen atoms in total. The number of benzene rings is 3. The second-order valence-corrected chi connectivity index (χ2v) is 8.64. The van der Waals surface area contributed by atoms with Crippen LogP contribution in [0, 0.1) is 0 Å². The number of rotatable bonds is 0. The molecule has 3 aromatic rings. The molecule has 1 spiro atoms. The summed E-state index contributed by atoms with van der Waals surface area (Å²) < 4.78 is 6.35. The molecule has 26 heavy (non-hydrogen) atoms. The van der Waals surface area contributed by atoms with Crippen LogP contribution in [0.15, 0.2) is 72.8 Å². The lowest BCUT2D eigenvalue weighted by Crippen LogP contribution is -2.53. The average Bonchev–Trinajstić information content (AvgIpc) is 2.78. The van der Waals surface area contributed by atoms with Crippen LogP contribution >= 0.6 is 0 Å². The number of hydrogen-bond acceptors (Lipinski definition) is 1. The largest absolute Gasteiger partial charge is 0.457 e. The first-order valence-electron chi connectivity index (χ1n) is 9.39. The highest BCUT2D eigenvalue weighted by molar-refractivity contribution is 5.69. The molecule has 1 aliphatic heterocycles. The Kier molecular flexibility index (Phi) is 2.89. The zero-order chi connectivity index (χ0) is 18.2. The second kappa shape index (κ2) is 4.79. The summed E-state index contributed by atoms with van der Waals surface area (Å²) in [5, 5.41) is 0. The summed E-state index contributed by atoms with van der Waals surface area (Å²) in [6.45, 7) is 9.61. The van der Waals surface area contributed by atoms with E-state index in [1.807, 2.05) is 0 Å². The minimum absolute atomic E-state index is 0.0664. The summed E-state index contributed by atoms with van der Waals surface area (Å²) in [4.78, 5) is 0. The van der Waals surface area contributed by atoms with E-state index in [-0.39, 0.29) is 16.2 Å². The van der Waals surface area contributed by atoms with Gasteiger partial charge in [0.25, 0.3) is 0 Å². The predicted octanol–water partition coefficient (Wildman–Crippen LogP) is 6.35. The number of hydrogen-bond donors (Lipinski definition) is 0. The fraction of sp³-hybridized carbons (Fsp3) is 0.280.